The average Bonchev–Trinajstić information content (AvgIpc) is 2.58. The molecule has 27 heavy (non-hydrogen) atoms. The van der Waals surface area contributed by atoms with Crippen LogP contribution in [-0.2, 0) is 9.53 Å². The van der Waals surface area contributed by atoms with Crippen molar-refractivity contribution in [2.45, 2.75) is 26.4 Å². The molecule has 3 rings (SSSR count). The molecule has 0 aliphatic heterocycles. The summed E-state index contributed by atoms with van der Waals surface area (Å²) in [6, 6.07) is 12.2. The smallest absolute Gasteiger partial charge is 0.344 e. The highest BCUT2D eigenvalue weighted by atomic mass is 19.1. The van der Waals surface area contributed by atoms with Crippen molar-refractivity contribution in [3.05, 3.63) is 64.8 Å². The fourth-order valence-corrected chi connectivity index (χ4v) is 2.53. The van der Waals surface area contributed by atoms with E-state index in [0.29, 0.717) is 27.8 Å². The summed E-state index contributed by atoms with van der Waals surface area (Å²) in [5.74, 6) is -0.488. The molecule has 0 saturated heterocycles. The highest BCUT2D eigenvalue weighted by Gasteiger charge is 2.17. The van der Waals surface area contributed by atoms with E-state index in [1.165, 1.54) is 30.3 Å². The van der Waals surface area contributed by atoms with Crippen LogP contribution in [0, 0.1) is 5.82 Å². The molecule has 0 amide bonds. The monoisotopic (exact) mass is 370 g/mol. The van der Waals surface area contributed by atoms with Gasteiger partial charge in [0.2, 0.25) is 0 Å². The molecule has 0 unspecified atom stereocenters. The van der Waals surface area contributed by atoms with E-state index < -0.39 is 17.2 Å². The van der Waals surface area contributed by atoms with Crippen molar-refractivity contribution in [2.24, 2.45) is 0 Å². The number of hydrogen-bond donors (Lipinski definition) is 0. The van der Waals surface area contributed by atoms with E-state index in [1.807, 2.05) is 0 Å². The lowest BCUT2D eigenvalue weighted by molar-refractivity contribution is -0.157. The molecule has 3 aromatic rings. The predicted octanol–water partition coefficient (Wildman–Crippen LogP) is 4.32. The van der Waals surface area contributed by atoms with Gasteiger partial charge in [0.1, 0.15) is 22.8 Å². The Morgan fingerprint density at radius 2 is 1.78 bits per heavy atom. The lowest BCUT2D eigenvalue weighted by Crippen LogP contribution is -2.27. The molecule has 0 saturated carbocycles. The van der Waals surface area contributed by atoms with E-state index in [0.717, 1.165) is 0 Å². The molecule has 5 nitrogen and oxygen atoms in total. The van der Waals surface area contributed by atoms with E-state index >= 15 is 0 Å². The van der Waals surface area contributed by atoms with Crippen molar-refractivity contribution in [3.63, 3.8) is 0 Å². The first-order chi connectivity index (χ1) is 12.7. The Kier molecular flexibility index (Phi) is 4.99. The summed E-state index contributed by atoms with van der Waals surface area (Å²) >= 11 is 0. The Balaban J connectivity index is 1.82. The molecule has 1 aromatic heterocycles. The minimum absolute atomic E-state index is 0.249. The molecular formula is C21H19FO5. The van der Waals surface area contributed by atoms with Gasteiger partial charge in [0.25, 0.3) is 0 Å². The molecule has 6 heteroatoms. The van der Waals surface area contributed by atoms with E-state index in [-0.39, 0.29) is 12.4 Å². The van der Waals surface area contributed by atoms with Gasteiger partial charge in [0.15, 0.2) is 6.61 Å². The van der Waals surface area contributed by atoms with Gasteiger partial charge >= 0.3 is 11.6 Å². The maximum absolute atomic E-state index is 13.1. The van der Waals surface area contributed by atoms with Crippen molar-refractivity contribution in [1.29, 1.82) is 0 Å². The first kappa shape index (κ1) is 18.6. The van der Waals surface area contributed by atoms with Gasteiger partial charge in [-0.15, -0.1) is 0 Å². The van der Waals surface area contributed by atoms with Gasteiger partial charge in [-0.05, 0) is 56.7 Å². The van der Waals surface area contributed by atoms with Gasteiger partial charge in [0, 0.05) is 11.5 Å². The molecule has 0 fully saturated rings. The summed E-state index contributed by atoms with van der Waals surface area (Å²) in [6.07, 6.45) is 0. The van der Waals surface area contributed by atoms with Crippen molar-refractivity contribution in [1.82, 2.24) is 0 Å². The maximum Gasteiger partial charge on any atom is 0.344 e. The molecule has 0 N–H and O–H groups in total. The zero-order chi connectivity index (χ0) is 19.6. The Bertz CT molecular complexity index is 1030. The SMILES string of the molecule is CC(C)(C)OC(=O)COc1ccc2cc(-c3ccc(F)cc3)c(=O)oc2c1. The Morgan fingerprint density at radius 3 is 2.44 bits per heavy atom. The summed E-state index contributed by atoms with van der Waals surface area (Å²) in [4.78, 5) is 24.0. The van der Waals surface area contributed by atoms with Crippen LogP contribution in [0.4, 0.5) is 4.39 Å². The Hall–Kier alpha value is -3.15. The average molecular weight is 370 g/mol. The molecule has 1 heterocycles. The van der Waals surface area contributed by atoms with E-state index in [2.05, 4.69) is 0 Å². The van der Waals surface area contributed by atoms with Crippen molar-refractivity contribution in [3.8, 4) is 16.9 Å². The fourth-order valence-electron chi connectivity index (χ4n) is 2.53. The second-order valence-electron chi connectivity index (χ2n) is 7.03. The summed E-state index contributed by atoms with van der Waals surface area (Å²) in [5, 5.41) is 0.679. The van der Waals surface area contributed by atoms with Crippen LogP contribution in [0.2, 0.25) is 0 Å². The van der Waals surface area contributed by atoms with Crippen LogP contribution in [0.25, 0.3) is 22.1 Å². The minimum Gasteiger partial charge on any atom is -0.482 e. The van der Waals surface area contributed by atoms with Crippen LogP contribution in [0.5, 0.6) is 5.75 Å². The van der Waals surface area contributed by atoms with Gasteiger partial charge in [0.05, 0.1) is 5.56 Å². The number of hydrogen-bond acceptors (Lipinski definition) is 5. The van der Waals surface area contributed by atoms with Crippen LogP contribution in [-0.4, -0.2) is 18.2 Å². The van der Waals surface area contributed by atoms with Gasteiger partial charge < -0.3 is 13.9 Å². The van der Waals surface area contributed by atoms with Crippen LogP contribution < -0.4 is 10.4 Å². The summed E-state index contributed by atoms with van der Waals surface area (Å²) in [6.45, 7) is 5.07. The second-order valence-corrected chi connectivity index (χ2v) is 7.03. The zero-order valence-corrected chi connectivity index (χ0v) is 15.2. The molecule has 0 aliphatic rings. The molecule has 2 aromatic carbocycles. The van der Waals surface area contributed by atoms with Crippen molar-refractivity contribution in [2.75, 3.05) is 6.61 Å². The Morgan fingerprint density at radius 1 is 1.07 bits per heavy atom. The van der Waals surface area contributed by atoms with Crippen LogP contribution in [0.3, 0.4) is 0 Å². The standard InChI is InChI=1S/C21H19FO5/c1-21(2,3)27-19(23)12-25-16-9-6-14-10-17(20(24)26-18(14)11-16)13-4-7-15(22)8-5-13/h4-11H,12H2,1-3H3. The molecule has 0 bridgehead atoms. The number of esters is 1. The van der Waals surface area contributed by atoms with E-state index in [1.54, 1.807) is 39.0 Å². The summed E-state index contributed by atoms with van der Waals surface area (Å²) < 4.78 is 29.0. The van der Waals surface area contributed by atoms with E-state index in [9.17, 15) is 14.0 Å². The third kappa shape index (κ3) is 4.73. The summed E-state index contributed by atoms with van der Waals surface area (Å²) in [5.41, 5.74) is 0.0982. The second kappa shape index (κ2) is 7.23. The molecule has 0 radical (unpaired) electrons. The molecule has 140 valence electrons. The van der Waals surface area contributed by atoms with Crippen LogP contribution in [0.1, 0.15) is 20.8 Å². The normalized spacial score (nSPS) is 11.4. The third-order valence-corrected chi connectivity index (χ3v) is 3.64. The topological polar surface area (TPSA) is 65.7 Å². The van der Waals surface area contributed by atoms with Crippen molar-refractivity contribution < 1.29 is 23.1 Å². The van der Waals surface area contributed by atoms with Gasteiger partial charge in [-0.1, -0.05) is 12.1 Å². The molecule has 0 atom stereocenters. The number of carbonyl (C=O) groups excluding carboxylic acids is 1. The highest BCUT2D eigenvalue weighted by Crippen LogP contribution is 2.24. The van der Waals surface area contributed by atoms with Crippen LogP contribution >= 0.6 is 0 Å². The first-order valence-electron chi connectivity index (χ1n) is 8.40. The van der Waals surface area contributed by atoms with Gasteiger partial charge in [-0.3, -0.25) is 0 Å². The zero-order valence-electron chi connectivity index (χ0n) is 15.2. The lowest BCUT2D eigenvalue weighted by Gasteiger charge is -2.19. The molecule has 0 spiro atoms. The predicted molar refractivity (Wildman–Crippen MR) is 99.2 cm³/mol. The number of benzene rings is 2. The highest BCUT2D eigenvalue weighted by molar-refractivity contribution is 5.83. The van der Waals surface area contributed by atoms with Gasteiger partial charge in [-0.25, -0.2) is 14.0 Å². The third-order valence-electron chi connectivity index (χ3n) is 3.64. The van der Waals surface area contributed by atoms with E-state index in [4.69, 9.17) is 13.9 Å². The number of rotatable bonds is 4. The Labute approximate surface area is 155 Å². The van der Waals surface area contributed by atoms with Crippen molar-refractivity contribution >= 4 is 16.9 Å². The van der Waals surface area contributed by atoms with Crippen LogP contribution in [0.15, 0.2) is 57.7 Å². The summed E-state index contributed by atoms with van der Waals surface area (Å²) in [7, 11) is 0. The quantitative estimate of drug-likeness (QED) is 0.505. The largest absolute Gasteiger partial charge is 0.482 e. The fraction of sp³-hybridized carbons (Fsp3) is 0.238. The number of halogens is 1. The molecular weight excluding hydrogens is 351 g/mol. The number of fused-ring (bicyclic) bond motifs is 1. The van der Waals surface area contributed by atoms with Gasteiger partial charge in [-0.2, -0.15) is 0 Å². The lowest BCUT2D eigenvalue weighted by atomic mass is 10.1. The first-order valence-corrected chi connectivity index (χ1v) is 8.40. The number of ether oxygens (including phenoxy) is 2. The minimum atomic E-state index is -0.590. The molecule has 0 aliphatic carbocycles. The maximum atomic E-state index is 13.1. The number of carbonyl (C=O) groups is 1.